The van der Waals surface area contributed by atoms with Crippen molar-refractivity contribution in [3.8, 4) is 0 Å². The zero-order chi connectivity index (χ0) is 19.2. The van der Waals surface area contributed by atoms with Crippen LogP contribution >= 0.6 is 0 Å². The van der Waals surface area contributed by atoms with Gasteiger partial charge >= 0.3 is 0 Å². The van der Waals surface area contributed by atoms with Crippen molar-refractivity contribution >= 4 is 38.8 Å². The molecule has 0 radical (unpaired) electrons. The van der Waals surface area contributed by atoms with Crippen LogP contribution in [0.25, 0.3) is 38.8 Å². The largest absolute Gasteiger partial charge is 0.339 e. The Hall–Kier alpha value is -2.48. The summed E-state index contributed by atoms with van der Waals surface area (Å²) in [4.78, 5) is 0. The maximum atomic E-state index is 2.71. The second kappa shape index (κ2) is 5.53. The fourth-order valence-corrected chi connectivity index (χ4v) is 5.96. The minimum atomic E-state index is 0.633. The zero-order valence-corrected chi connectivity index (χ0v) is 17.3. The highest BCUT2D eigenvalue weighted by molar-refractivity contribution is 6.18. The Labute approximate surface area is 166 Å². The molecule has 2 aromatic carbocycles. The molecule has 2 bridgehead atoms. The molecule has 2 nitrogen and oxygen atoms in total. The Bertz CT molecular complexity index is 1310. The normalized spacial score (nSPS) is 21.5. The van der Waals surface area contributed by atoms with Gasteiger partial charge in [-0.25, -0.2) is 0 Å². The first-order valence-corrected chi connectivity index (χ1v) is 10.8. The van der Waals surface area contributed by atoms with E-state index in [0.717, 1.165) is 6.42 Å². The second-order valence-corrected chi connectivity index (χ2v) is 9.08. The molecule has 4 aromatic rings. The van der Waals surface area contributed by atoms with Gasteiger partial charge in [0.15, 0.2) is 0 Å². The minimum Gasteiger partial charge on any atom is -0.339 e. The van der Waals surface area contributed by atoms with E-state index < -0.39 is 0 Å². The number of fused-ring (bicyclic) bond motifs is 7. The van der Waals surface area contributed by atoms with Gasteiger partial charge in [-0.3, -0.25) is 0 Å². The van der Waals surface area contributed by atoms with E-state index in [2.05, 4.69) is 73.2 Å². The average molecular weight is 369 g/mol. The van der Waals surface area contributed by atoms with E-state index >= 15 is 0 Å². The van der Waals surface area contributed by atoms with Crippen LogP contribution < -0.4 is 0 Å². The second-order valence-electron chi connectivity index (χ2n) is 9.08. The molecule has 1 aliphatic carbocycles. The summed E-state index contributed by atoms with van der Waals surface area (Å²) in [5.74, 6) is 0. The third kappa shape index (κ3) is 1.93. The molecule has 0 spiro atoms. The van der Waals surface area contributed by atoms with Crippen molar-refractivity contribution in [2.45, 2.75) is 65.5 Å². The Morgan fingerprint density at radius 1 is 0.964 bits per heavy atom. The third-order valence-corrected chi connectivity index (χ3v) is 7.43. The summed E-state index contributed by atoms with van der Waals surface area (Å²) in [6.07, 6.45) is 7.41. The van der Waals surface area contributed by atoms with E-state index in [1.165, 1.54) is 74.4 Å². The molecule has 1 aliphatic heterocycles. The van der Waals surface area contributed by atoms with Crippen molar-refractivity contribution in [3.05, 3.63) is 52.7 Å². The maximum Gasteiger partial charge on any atom is 0.0741 e. The first-order chi connectivity index (χ1) is 13.6. The maximum absolute atomic E-state index is 2.71. The highest BCUT2D eigenvalue weighted by Crippen LogP contribution is 2.50. The molecule has 6 rings (SSSR count). The van der Waals surface area contributed by atoms with Gasteiger partial charge in [-0.05, 0) is 58.6 Å². The molecule has 0 N–H and O–H groups in total. The van der Waals surface area contributed by atoms with Crippen molar-refractivity contribution in [2.24, 2.45) is 0 Å². The number of hydrogen-bond acceptors (Lipinski definition) is 0. The number of aryl methyl sites for hydroxylation is 1. The summed E-state index contributed by atoms with van der Waals surface area (Å²) in [5.41, 5.74) is 10.1. The molecule has 0 amide bonds. The Kier molecular flexibility index (Phi) is 3.25. The number of aromatic nitrogens is 2. The van der Waals surface area contributed by atoms with E-state index in [0.29, 0.717) is 12.1 Å². The molecular weight excluding hydrogens is 340 g/mol. The highest BCUT2D eigenvalue weighted by atomic mass is 15.1. The van der Waals surface area contributed by atoms with Gasteiger partial charge in [-0.15, -0.1) is 0 Å². The van der Waals surface area contributed by atoms with Crippen LogP contribution in [-0.2, 0) is 0 Å². The van der Waals surface area contributed by atoms with E-state index in [1.54, 1.807) is 0 Å². The Morgan fingerprint density at radius 3 is 2.46 bits per heavy atom. The third-order valence-electron chi connectivity index (χ3n) is 7.43. The molecule has 1 saturated carbocycles. The van der Waals surface area contributed by atoms with Crippen LogP contribution in [0.4, 0.5) is 0 Å². The van der Waals surface area contributed by atoms with Gasteiger partial charge in [0.1, 0.15) is 0 Å². The predicted molar refractivity (Wildman–Crippen MR) is 120 cm³/mol. The van der Waals surface area contributed by atoms with Crippen molar-refractivity contribution in [2.75, 3.05) is 0 Å². The number of benzene rings is 2. The Balaban J connectivity index is 1.87. The van der Waals surface area contributed by atoms with Gasteiger partial charge in [0.25, 0.3) is 0 Å². The highest BCUT2D eigenvalue weighted by Gasteiger charge is 2.35. The summed E-state index contributed by atoms with van der Waals surface area (Å²) in [6, 6.07) is 13.1. The lowest BCUT2D eigenvalue weighted by Gasteiger charge is -2.16. The molecule has 2 heteroatoms. The lowest BCUT2D eigenvalue weighted by atomic mass is 10.0. The van der Waals surface area contributed by atoms with Crippen LogP contribution in [0.2, 0.25) is 0 Å². The summed E-state index contributed by atoms with van der Waals surface area (Å²) in [6.45, 7) is 9.07. The topological polar surface area (TPSA) is 9.86 Å². The van der Waals surface area contributed by atoms with Crippen LogP contribution in [0, 0.1) is 13.8 Å². The number of hydrogen-bond donors (Lipinski definition) is 0. The van der Waals surface area contributed by atoms with Crippen LogP contribution in [0.3, 0.4) is 0 Å². The van der Waals surface area contributed by atoms with Crippen molar-refractivity contribution < 1.29 is 0 Å². The lowest BCUT2D eigenvalue weighted by Crippen LogP contribution is -2.06. The molecule has 1 fully saturated rings. The smallest absolute Gasteiger partial charge is 0.0741 e. The Morgan fingerprint density at radius 2 is 1.68 bits per heavy atom. The first-order valence-electron chi connectivity index (χ1n) is 10.8. The molecular formula is C26H28N2. The van der Waals surface area contributed by atoms with Gasteiger partial charge < -0.3 is 9.13 Å². The molecule has 2 unspecified atom stereocenters. The lowest BCUT2D eigenvalue weighted by molar-refractivity contribution is 0.494. The van der Waals surface area contributed by atoms with E-state index in [1.807, 2.05) is 0 Å². The van der Waals surface area contributed by atoms with E-state index in [-0.39, 0.29) is 0 Å². The monoisotopic (exact) mass is 368 g/mol. The zero-order valence-electron chi connectivity index (χ0n) is 17.3. The molecule has 2 aliphatic rings. The molecule has 3 heterocycles. The number of allylic oxidation sites excluding steroid dienone is 1. The number of nitrogens with zero attached hydrogens (tertiary/aromatic N) is 2. The average Bonchev–Trinajstić information content (AvgIpc) is 3.31. The van der Waals surface area contributed by atoms with Crippen LogP contribution in [0.1, 0.15) is 68.4 Å². The standard InChI is InChI=1S/C26H28N2/c1-5-15(2)12-22-17(4)27-18-7-8-19(14-18)28-24-11-6-16(3)13-23(24)21-10-9-20(22)25(27)26(21)28/h6,9-13,18-19H,5,7-8,14H2,1-4H3/b15-12-. The van der Waals surface area contributed by atoms with E-state index in [4.69, 9.17) is 0 Å². The molecule has 142 valence electrons. The number of rotatable bonds is 2. The van der Waals surface area contributed by atoms with Gasteiger partial charge in [0, 0.05) is 45.0 Å². The summed E-state index contributed by atoms with van der Waals surface area (Å²) in [5, 5.41) is 4.29. The first kappa shape index (κ1) is 16.5. The SMILES string of the molecule is CC/C(C)=C\c1c(C)n2c3c1ccc1c4cc(C)ccc4n(c13)C1CCC2C1. The van der Waals surface area contributed by atoms with Crippen molar-refractivity contribution in [3.63, 3.8) is 0 Å². The molecule has 2 aromatic heterocycles. The van der Waals surface area contributed by atoms with Crippen LogP contribution in [0.5, 0.6) is 0 Å². The van der Waals surface area contributed by atoms with Gasteiger partial charge in [0.2, 0.25) is 0 Å². The summed E-state index contributed by atoms with van der Waals surface area (Å²) in [7, 11) is 0. The van der Waals surface area contributed by atoms with Crippen LogP contribution in [0.15, 0.2) is 35.9 Å². The van der Waals surface area contributed by atoms with Crippen LogP contribution in [-0.4, -0.2) is 9.13 Å². The fourth-order valence-electron chi connectivity index (χ4n) is 5.96. The van der Waals surface area contributed by atoms with Gasteiger partial charge in [-0.2, -0.15) is 0 Å². The predicted octanol–water partition coefficient (Wildman–Crippen LogP) is 7.46. The van der Waals surface area contributed by atoms with Gasteiger partial charge in [-0.1, -0.05) is 42.3 Å². The minimum absolute atomic E-state index is 0.633. The summed E-state index contributed by atoms with van der Waals surface area (Å²) < 4.78 is 5.41. The molecule has 0 saturated heterocycles. The molecule has 2 atom stereocenters. The van der Waals surface area contributed by atoms with Crippen molar-refractivity contribution in [1.82, 2.24) is 9.13 Å². The molecule has 28 heavy (non-hydrogen) atoms. The quantitative estimate of drug-likeness (QED) is 0.347. The fraction of sp³-hybridized carbons (Fsp3) is 0.385. The summed E-state index contributed by atoms with van der Waals surface area (Å²) >= 11 is 0. The van der Waals surface area contributed by atoms with Crippen molar-refractivity contribution in [1.29, 1.82) is 0 Å². The van der Waals surface area contributed by atoms with E-state index in [9.17, 15) is 0 Å². The van der Waals surface area contributed by atoms with Gasteiger partial charge in [0.05, 0.1) is 11.0 Å².